The van der Waals surface area contributed by atoms with Gasteiger partial charge in [0, 0.05) is 25.0 Å². The second kappa shape index (κ2) is 6.62. The van der Waals surface area contributed by atoms with Crippen LogP contribution in [0.25, 0.3) is 10.8 Å². The number of fused-ring (bicyclic) bond motifs is 3. The lowest BCUT2D eigenvalue weighted by molar-refractivity contribution is -0.439. The predicted octanol–water partition coefficient (Wildman–Crippen LogP) is 2.81. The van der Waals surface area contributed by atoms with Crippen LogP contribution in [0.2, 0.25) is 0 Å². The average molecular weight is 426 g/mol. The fourth-order valence-electron chi connectivity index (χ4n) is 3.78. The summed E-state index contributed by atoms with van der Waals surface area (Å²) in [6.07, 6.45) is 0.207. The molecule has 1 unspecified atom stereocenters. The second-order valence-electron chi connectivity index (χ2n) is 7.77. The number of nitrogens with zero attached hydrogens (tertiary/aromatic N) is 1. The van der Waals surface area contributed by atoms with Gasteiger partial charge in [0.15, 0.2) is 5.71 Å². The number of hydrogen-bond acceptors (Lipinski definition) is 5. The molecule has 2 aromatic rings. The van der Waals surface area contributed by atoms with Crippen LogP contribution < -0.4 is 0 Å². The summed E-state index contributed by atoms with van der Waals surface area (Å²) in [5.41, 5.74) is 2.56. The maximum Gasteiger partial charge on any atom is 0.294 e. The number of rotatable bonds is 5. The van der Waals surface area contributed by atoms with E-state index in [1.54, 1.807) is 12.1 Å². The van der Waals surface area contributed by atoms with E-state index in [9.17, 15) is 25.9 Å². The molecule has 0 fully saturated rings. The molecular weight excluding hydrogens is 402 g/mol. The highest BCUT2D eigenvalue weighted by Crippen LogP contribution is 2.44. The zero-order chi connectivity index (χ0) is 21.1. The smallest absolute Gasteiger partial charge is 0.294 e. The summed E-state index contributed by atoms with van der Waals surface area (Å²) in [6, 6.07) is 8.13. The van der Waals surface area contributed by atoms with Crippen molar-refractivity contribution in [1.82, 2.24) is 0 Å². The molecule has 28 heavy (non-hydrogen) atoms. The molecule has 1 N–H and O–H groups in total. The summed E-state index contributed by atoms with van der Waals surface area (Å²) in [5, 5.41) is 0.568. The Morgan fingerprint density at radius 3 is 2.36 bits per heavy atom. The highest BCUT2D eigenvalue weighted by atomic mass is 32.2. The zero-order valence-electron chi connectivity index (χ0n) is 16.1. The summed E-state index contributed by atoms with van der Waals surface area (Å²) < 4.78 is 67.9. The van der Waals surface area contributed by atoms with Gasteiger partial charge in [-0.15, -0.1) is 0 Å². The fraction of sp³-hybridized carbons (Fsp3) is 0.421. The van der Waals surface area contributed by atoms with Crippen molar-refractivity contribution in [3.63, 3.8) is 0 Å². The highest BCUT2D eigenvalue weighted by molar-refractivity contribution is 7.86. The van der Waals surface area contributed by atoms with E-state index >= 15 is 0 Å². The lowest BCUT2D eigenvalue weighted by Gasteiger charge is -2.17. The lowest BCUT2D eigenvalue weighted by atomic mass is 9.80. The number of benzene rings is 2. The van der Waals surface area contributed by atoms with Gasteiger partial charge in [0.25, 0.3) is 10.1 Å². The van der Waals surface area contributed by atoms with Crippen molar-refractivity contribution < 1.29 is 30.5 Å². The largest absolute Gasteiger partial charge is 0.748 e. The van der Waals surface area contributed by atoms with Crippen LogP contribution in [0, 0.1) is 0 Å². The van der Waals surface area contributed by atoms with Crippen LogP contribution in [0.4, 0.5) is 5.69 Å². The van der Waals surface area contributed by atoms with E-state index in [4.69, 9.17) is 0 Å². The van der Waals surface area contributed by atoms with Crippen molar-refractivity contribution in [3.05, 3.63) is 35.9 Å². The Hall–Kier alpha value is -1.81. The molecule has 9 heteroatoms. The van der Waals surface area contributed by atoms with Gasteiger partial charge in [-0.25, -0.2) is 8.42 Å². The average Bonchev–Trinajstić information content (AvgIpc) is 2.77. The van der Waals surface area contributed by atoms with Crippen molar-refractivity contribution in [3.8, 4) is 0 Å². The van der Waals surface area contributed by atoms with E-state index in [2.05, 4.69) is 0 Å². The maximum atomic E-state index is 11.4. The Kier molecular flexibility index (Phi) is 4.94. The standard InChI is InChI=1S/C19H23NO6S2/c1-12(27(21,22)23)9-10-20-13(2)19(3,4)18-16-7-6-15(28(24,25)26)11-14(16)5-8-17(18)20/h5-8,11-12H,9-10H2,1-4H3,(H-,21,22,23,24,25,26). The molecule has 0 saturated carbocycles. The molecule has 1 aliphatic rings. The molecular formula is C19H23NO6S2. The van der Waals surface area contributed by atoms with E-state index in [0.717, 1.165) is 22.3 Å². The predicted molar refractivity (Wildman–Crippen MR) is 106 cm³/mol. The first kappa shape index (κ1) is 20.9. The van der Waals surface area contributed by atoms with E-state index in [-0.39, 0.29) is 16.7 Å². The molecule has 0 spiro atoms. The van der Waals surface area contributed by atoms with Gasteiger partial charge in [0.1, 0.15) is 6.54 Å². The summed E-state index contributed by atoms with van der Waals surface area (Å²) >= 11 is 0. The minimum absolute atomic E-state index is 0.164. The molecule has 0 aromatic heterocycles. The monoisotopic (exact) mass is 425 g/mol. The van der Waals surface area contributed by atoms with Crippen LogP contribution in [0.3, 0.4) is 0 Å². The van der Waals surface area contributed by atoms with Gasteiger partial charge in [-0.1, -0.05) is 6.07 Å². The van der Waals surface area contributed by atoms with Crippen LogP contribution in [-0.2, 0) is 25.7 Å². The lowest BCUT2D eigenvalue weighted by Crippen LogP contribution is -2.28. The quantitative estimate of drug-likeness (QED) is 0.582. The Morgan fingerprint density at radius 1 is 1.14 bits per heavy atom. The summed E-state index contributed by atoms with van der Waals surface area (Å²) in [6.45, 7) is 7.86. The topological polar surface area (TPSA) is 115 Å². The zero-order valence-corrected chi connectivity index (χ0v) is 17.8. The molecule has 1 aliphatic heterocycles. The molecule has 0 amide bonds. The van der Waals surface area contributed by atoms with E-state index in [1.165, 1.54) is 19.1 Å². The molecule has 0 radical (unpaired) electrons. The van der Waals surface area contributed by atoms with Crippen LogP contribution in [-0.4, -0.2) is 48.0 Å². The maximum absolute atomic E-state index is 11.4. The molecule has 152 valence electrons. The van der Waals surface area contributed by atoms with E-state index in [1.807, 2.05) is 31.4 Å². The van der Waals surface area contributed by atoms with Gasteiger partial charge in [0.05, 0.1) is 25.7 Å². The highest BCUT2D eigenvalue weighted by Gasteiger charge is 2.44. The summed E-state index contributed by atoms with van der Waals surface area (Å²) in [4.78, 5) is -0.164. The second-order valence-corrected chi connectivity index (χ2v) is 11.0. The molecule has 0 aliphatic carbocycles. The Balaban J connectivity index is 2.12. The van der Waals surface area contributed by atoms with Gasteiger partial charge in [-0.05, 0) is 49.7 Å². The third-order valence-corrected chi connectivity index (χ3v) is 7.82. The first-order chi connectivity index (χ1) is 12.7. The molecule has 3 rings (SSSR count). The van der Waals surface area contributed by atoms with E-state index in [0.29, 0.717) is 11.9 Å². The first-order valence-electron chi connectivity index (χ1n) is 8.85. The molecule has 2 aromatic carbocycles. The summed E-state index contributed by atoms with van der Waals surface area (Å²) in [5.74, 6) is 0. The van der Waals surface area contributed by atoms with Gasteiger partial charge in [0.2, 0.25) is 5.69 Å². The minimum atomic E-state index is -4.34. The third kappa shape index (κ3) is 3.47. The summed E-state index contributed by atoms with van der Waals surface area (Å²) in [7, 11) is -8.63. The molecule has 0 bridgehead atoms. The van der Waals surface area contributed by atoms with Gasteiger partial charge in [-0.3, -0.25) is 4.55 Å². The molecule has 0 saturated heterocycles. The van der Waals surface area contributed by atoms with Gasteiger partial charge < -0.3 is 4.55 Å². The van der Waals surface area contributed by atoms with Crippen LogP contribution in [0.5, 0.6) is 0 Å². The van der Waals surface area contributed by atoms with Crippen molar-refractivity contribution in [2.75, 3.05) is 6.54 Å². The van der Waals surface area contributed by atoms with Crippen molar-refractivity contribution in [2.24, 2.45) is 0 Å². The Morgan fingerprint density at radius 2 is 1.79 bits per heavy atom. The molecule has 1 heterocycles. The van der Waals surface area contributed by atoms with Crippen LogP contribution in [0.15, 0.2) is 35.2 Å². The third-order valence-electron chi connectivity index (χ3n) is 5.74. The fourth-order valence-corrected chi connectivity index (χ4v) is 4.69. The van der Waals surface area contributed by atoms with Gasteiger partial charge >= 0.3 is 0 Å². The van der Waals surface area contributed by atoms with Crippen molar-refractivity contribution in [1.29, 1.82) is 0 Å². The Labute approximate surface area is 165 Å². The SMILES string of the molecule is CC1=[N+](CCC(C)S(=O)(=O)[O-])c2ccc3cc(S(=O)(=O)O)ccc3c2C1(C)C. The minimum Gasteiger partial charge on any atom is -0.748 e. The van der Waals surface area contributed by atoms with Crippen molar-refractivity contribution in [2.45, 2.75) is 49.7 Å². The normalized spacial score (nSPS) is 17.8. The molecule has 7 nitrogen and oxygen atoms in total. The first-order valence-corrected chi connectivity index (χ1v) is 11.8. The molecule has 1 atom stereocenters. The van der Waals surface area contributed by atoms with E-state index < -0.39 is 25.5 Å². The van der Waals surface area contributed by atoms with Crippen molar-refractivity contribution >= 4 is 42.4 Å². The number of hydrogen-bond donors (Lipinski definition) is 1. The van der Waals surface area contributed by atoms with Crippen LogP contribution >= 0.6 is 0 Å². The Bertz CT molecular complexity index is 1210. The van der Waals surface area contributed by atoms with Crippen LogP contribution in [0.1, 0.15) is 39.7 Å². The van der Waals surface area contributed by atoms with Gasteiger partial charge in [-0.2, -0.15) is 13.0 Å².